The number of nitrogens with zero attached hydrogens (tertiary/aromatic N) is 2. The first kappa shape index (κ1) is 19.1. The number of thiazole rings is 1. The minimum Gasteiger partial charge on any atom is -0.322 e. The van der Waals surface area contributed by atoms with Crippen LogP contribution in [0.4, 0.5) is 10.8 Å². The Morgan fingerprint density at radius 3 is 2.52 bits per heavy atom. The Labute approximate surface area is 172 Å². The molecule has 1 aliphatic carbocycles. The molecule has 0 saturated heterocycles. The lowest BCUT2D eigenvalue weighted by Gasteiger charge is -2.12. The number of anilines is 2. The topological polar surface area (TPSA) is 94.9 Å². The van der Waals surface area contributed by atoms with Gasteiger partial charge >= 0.3 is 0 Å². The quantitative estimate of drug-likeness (QED) is 0.666. The first-order chi connectivity index (χ1) is 13.9. The second-order valence-corrected chi connectivity index (χ2v) is 8.53. The lowest BCUT2D eigenvalue weighted by atomic mass is 10.0. The fraction of sp³-hybridized carbons (Fsp3) is 0.273. The lowest BCUT2D eigenvalue weighted by molar-refractivity contribution is -0.117. The van der Waals surface area contributed by atoms with Crippen molar-refractivity contribution in [3.8, 4) is 6.07 Å². The number of nitrogens with one attached hydrogen (secondary N) is 2. The third-order valence-electron chi connectivity index (χ3n) is 5.09. The molecule has 2 atom stereocenters. The van der Waals surface area contributed by atoms with Gasteiger partial charge in [-0.25, -0.2) is 4.98 Å². The van der Waals surface area contributed by atoms with E-state index in [2.05, 4.69) is 21.7 Å². The average molecular weight is 404 g/mol. The van der Waals surface area contributed by atoms with E-state index in [1.807, 2.05) is 32.9 Å². The second-order valence-electron chi connectivity index (χ2n) is 7.50. The molecule has 6 nitrogen and oxygen atoms in total. The molecule has 0 spiro atoms. The molecule has 0 radical (unpaired) electrons. The molecule has 1 saturated carbocycles. The van der Waals surface area contributed by atoms with Gasteiger partial charge in [0.05, 0.1) is 28.1 Å². The van der Waals surface area contributed by atoms with Crippen molar-refractivity contribution in [3.05, 3.63) is 52.6 Å². The summed E-state index contributed by atoms with van der Waals surface area (Å²) in [6.45, 7) is 5.99. The van der Waals surface area contributed by atoms with Crippen molar-refractivity contribution < 1.29 is 9.59 Å². The number of benzene rings is 2. The minimum atomic E-state index is -0.241. The Kier molecular flexibility index (Phi) is 4.81. The maximum Gasteiger partial charge on any atom is 0.255 e. The summed E-state index contributed by atoms with van der Waals surface area (Å²) >= 11 is 1.32. The number of hydrogen-bond donors (Lipinski definition) is 2. The van der Waals surface area contributed by atoms with Crippen molar-refractivity contribution in [1.29, 1.82) is 5.26 Å². The van der Waals surface area contributed by atoms with Crippen LogP contribution >= 0.6 is 11.3 Å². The number of hydrogen-bond acceptors (Lipinski definition) is 5. The second kappa shape index (κ2) is 7.30. The predicted octanol–water partition coefficient (Wildman–Crippen LogP) is 4.57. The van der Waals surface area contributed by atoms with Gasteiger partial charge in [-0.15, -0.1) is 0 Å². The van der Waals surface area contributed by atoms with Gasteiger partial charge in [0.15, 0.2) is 5.13 Å². The summed E-state index contributed by atoms with van der Waals surface area (Å²) in [4.78, 5) is 29.3. The maximum absolute atomic E-state index is 12.8. The Morgan fingerprint density at radius 2 is 1.86 bits per heavy atom. The highest BCUT2D eigenvalue weighted by atomic mass is 32.1. The molecule has 29 heavy (non-hydrogen) atoms. The van der Waals surface area contributed by atoms with E-state index < -0.39 is 0 Å². The van der Waals surface area contributed by atoms with Gasteiger partial charge < -0.3 is 10.6 Å². The highest BCUT2D eigenvalue weighted by Gasteiger charge is 2.43. The molecule has 2 N–H and O–H groups in total. The fourth-order valence-corrected chi connectivity index (χ4v) is 4.42. The third kappa shape index (κ3) is 3.84. The van der Waals surface area contributed by atoms with Crippen LogP contribution in [0.15, 0.2) is 30.3 Å². The van der Waals surface area contributed by atoms with Crippen LogP contribution in [0.25, 0.3) is 10.2 Å². The van der Waals surface area contributed by atoms with Crippen LogP contribution in [0.3, 0.4) is 0 Å². The van der Waals surface area contributed by atoms with Crippen molar-refractivity contribution >= 4 is 44.2 Å². The van der Waals surface area contributed by atoms with Gasteiger partial charge in [0, 0.05) is 11.3 Å². The number of carbonyl (C=O) groups excluding carboxylic acids is 2. The number of nitriles is 1. The van der Waals surface area contributed by atoms with Gasteiger partial charge in [0.1, 0.15) is 0 Å². The van der Waals surface area contributed by atoms with Crippen molar-refractivity contribution in [2.24, 2.45) is 11.8 Å². The number of amides is 2. The van der Waals surface area contributed by atoms with E-state index in [0.29, 0.717) is 17.1 Å². The molecule has 1 heterocycles. The zero-order valence-electron chi connectivity index (χ0n) is 16.4. The number of aryl methyl sites for hydroxylation is 3. The number of carbonyl (C=O) groups is 2. The highest BCUT2D eigenvalue weighted by molar-refractivity contribution is 7.22. The average Bonchev–Trinajstić information content (AvgIpc) is 3.36. The van der Waals surface area contributed by atoms with Crippen LogP contribution in [0.1, 0.15) is 33.5 Å². The van der Waals surface area contributed by atoms with Crippen LogP contribution in [-0.2, 0) is 4.79 Å². The Hall–Kier alpha value is -3.24. The molecular weight excluding hydrogens is 384 g/mol. The van der Waals surface area contributed by atoms with Crippen molar-refractivity contribution in [2.45, 2.75) is 27.2 Å². The maximum atomic E-state index is 12.8. The van der Waals surface area contributed by atoms with Gasteiger partial charge in [-0.1, -0.05) is 29.0 Å². The summed E-state index contributed by atoms with van der Waals surface area (Å²) in [7, 11) is 0. The number of aromatic nitrogens is 1. The molecule has 1 fully saturated rings. The standard InChI is InChI=1S/C22H20N4O2S/c1-11-6-12(2)19(13(3)7-11)25-20(27)14-4-5-17-18(9-14)29-22(24-17)26-21(28)16-8-15(16)10-23/h4-7,9,15-16H,8H2,1-3H3,(H,25,27)(H,24,26,28). The van der Waals surface area contributed by atoms with E-state index in [0.717, 1.165) is 32.6 Å². The first-order valence-corrected chi connectivity index (χ1v) is 10.2. The van der Waals surface area contributed by atoms with Gasteiger partial charge in [0.2, 0.25) is 5.91 Å². The molecule has 1 aliphatic rings. The molecule has 0 aliphatic heterocycles. The van der Waals surface area contributed by atoms with Crippen molar-refractivity contribution in [2.75, 3.05) is 10.6 Å². The molecule has 2 amide bonds. The molecule has 0 bridgehead atoms. The van der Waals surface area contributed by atoms with E-state index in [1.165, 1.54) is 11.3 Å². The van der Waals surface area contributed by atoms with Crippen LogP contribution in [-0.4, -0.2) is 16.8 Å². The lowest BCUT2D eigenvalue weighted by Crippen LogP contribution is -2.14. The van der Waals surface area contributed by atoms with Crippen LogP contribution < -0.4 is 10.6 Å². The van der Waals surface area contributed by atoms with Crippen LogP contribution in [0.2, 0.25) is 0 Å². The third-order valence-corrected chi connectivity index (χ3v) is 6.02. The van der Waals surface area contributed by atoms with E-state index in [1.54, 1.807) is 18.2 Å². The van der Waals surface area contributed by atoms with Gasteiger partial charge in [-0.2, -0.15) is 5.26 Å². The molecule has 3 aromatic rings. The summed E-state index contributed by atoms with van der Waals surface area (Å²) < 4.78 is 0.818. The summed E-state index contributed by atoms with van der Waals surface area (Å²) in [6.07, 6.45) is 0.607. The molecule has 7 heteroatoms. The summed E-state index contributed by atoms with van der Waals surface area (Å²) in [5.41, 5.74) is 5.29. The monoisotopic (exact) mass is 404 g/mol. The normalized spacial score (nSPS) is 17.6. The number of rotatable bonds is 4. The molecule has 146 valence electrons. The van der Waals surface area contributed by atoms with Crippen molar-refractivity contribution in [3.63, 3.8) is 0 Å². The van der Waals surface area contributed by atoms with E-state index >= 15 is 0 Å². The van der Waals surface area contributed by atoms with E-state index in [4.69, 9.17) is 5.26 Å². The molecule has 2 aromatic carbocycles. The molecule has 1 aromatic heterocycles. The zero-order valence-corrected chi connectivity index (χ0v) is 17.2. The minimum absolute atomic E-state index is 0.168. The first-order valence-electron chi connectivity index (χ1n) is 9.36. The fourth-order valence-electron chi connectivity index (χ4n) is 3.51. The van der Waals surface area contributed by atoms with Crippen molar-refractivity contribution in [1.82, 2.24) is 4.98 Å². The highest BCUT2D eigenvalue weighted by Crippen LogP contribution is 2.39. The molecular formula is C22H20N4O2S. The summed E-state index contributed by atoms with van der Waals surface area (Å²) in [5.74, 6) is -0.780. The van der Waals surface area contributed by atoms with Crippen LogP contribution in [0.5, 0.6) is 0 Å². The van der Waals surface area contributed by atoms with Gasteiger partial charge in [-0.05, 0) is 56.5 Å². The van der Waals surface area contributed by atoms with Crippen LogP contribution in [0, 0.1) is 43.9 Å². The SMILES string of the molecule is Cc1cc(C)c(NC(=O)c2ccc3nc(NC(=O)C4CC4C#N)sc3c2)c(C)c1. The predicted molar refractivity (Wildman–Crippen MR) is 114 cm³/mol. The van der Waals surface area contributed by atoms with E-state index in [9.17, 15) is 9.59 Å². The number of fused-ring (bicyclic) bond motifs is 1. The Morgan fingerprint density at radius 1 is 1.14 bits per heavy atom. The van der Waals surface area contributed by atoms with Gasteiger partial charge in [-0.3, -0.25) is 9.59 Å². The Bertz CT molecular complexity index is 1170. The summed E-state index contributed by atoms with van der Waals surface area (Å²) in [6, 6.07) is 11.5. The molecule has 4 rings (SSSR count). The Balaban J connectivity index is 1.52. The largest absolute Gasteiger partial charge is 0.322 e. The molecule has 2 unspecified atom stereocenters. The van der Waals surface area contributed by atoms with E-state index in [-0.39, 0.29) is 23.7 Å². The summed E-state index contributed by atoms with van der Waals surface area (Å²) in [5, 5.41) is 15.1. The van der Waals surface area contributed by atoms with Gasteiger partial charge in [0.25, 0.3) is 5.91 Å². The zero-order chi connectivity index (χ0) is 20.7. The smallest absolute Gasteiger partial charge is 0.255 e.